The van der Waals surface area contributed by atoms with Crippen LogP contribution in [0.4, 0.5) is 0 Å². The Morgan fingerprint density at radius 3 is 1.80 bits per heavy atom. The summed E-state index contributed by atoms with van der Waals surface area (Å²) in [6, 6.07) is 5.86. The van der Waals surface area contributed by atoms with Crippen molar-refractivity contribution in [2.24, 2.45) is 0 Å². The van der Waals surface area contributed by atoms with Crippen LogP contribution in [0, 0.1) is 0 Å². The van der Waals surface area contributed by atoms with Gasteiger partial charge in [-0.3, -0.25) is 4.79 Å². The van der Waals surface area contributed by atoms with E-state index in [1.807, 2.05) is 0 Å². The van der Waals surface area contributed by atoms with E-state index in [1.54, 1.807) is 12.1 Å². The Labute approximate surface area is 145 Å². The first-order valence-electron chi connectivity index (χ1n) is 7.30. The molecule has 0 bridgehead atoms. The van der Waals surface area contributed by atoms with E-state index in [0.29, 0.717) is 17.2 Å². The van der Waals surface area contributed by atoms with Crippen molar-refractivity contribution in [2.75, 3.05) is 35.5 Å². The number of phenolic OH excluding ortho intramolecular Hbond substituents is 1. The molecule has 0 amide bonds. The summed E-state index contributed by atoms with van der Waals surface area (Å²) in [6.07, 6.45) is 0. The lowest BCUT2D eigenvalue weighted by molar-refractivity contribution is 0.103. The van der Waals surface area contributed by atoms with Gasteiger partial charge in [0.25, 0.3) is 0 Å². The second-order valence-corrected chi connectivity index (χ2v) is 4.94. The van der Waals surface area contributed by atoms with E-state index in [1.165, 1.54) is 47.7 Å². The van der Waals surface area contributed by atoms with Gasteiger partial charge in [0.05, 0.1) is 46.7 Å². The summed E-state index contributed by atoms with van der Waals surface area (Å²) in [5.74, 6) is 0.860. The summed E-state index contributed by atoms with van der Waals surface area (Å²) < 4.78 is 26.1. The molecule has 0 atom stereocenters. The Morgan fingerprint density at radius 2 is 1.28 bits per heavy atom. The minimum atomic E-state index is -0.462. The van der Waals surface area contributed by atoms with Crippen LogP contribution < -0.4 is 23.7 Å². The number of carbonyl (C=O) groups excluding carboxylic acids is 1. The van der Waals surface area contributed by atoms with Crippen LogP contribution in [-0.4, -0.2) is 46.4 Å². The van der Waals surface area contributed by atoms with Crippen LogP contribution in [0.5, 0.6) is 34.5 Å². The number of hydrogen-bond acceptors (Lipinski definition) is 7. The number of ketones is 1. The second kappa shape index (κ2) is 7.65. The molecule has 7 heteroatoms. The topological polar surface area (TPSA) is 83.5 Å². The maximum atomic E-state index is 12.9. The highest BCUT2D eigenvalue weighted by Gasteiger charge is 2.25. The van der Waals surface area contributed by atoms with Gasteiger partial charge in [-0.1, -0.05) is 0 Å². The fourth-order valence-electron chi connectivity index (χ4n) is 2.48. The molecule has 0 spiro atoms. The first-order valence-corrected chi connectivity index (χ1v) is 7.30. The molecule has 7 nitrogen and oxygen atoms in total. The first kappa shape index (κ1) is 18.3. The van der Waals surface area contributed by atoms with Crippen LogP contribution in [0.2, 0.25) is 0 Å². The fourth-order valence-corrected chi connectivity index (χ4v) is 2.48. The maximum Gasteiger partial charge on any atom is 0.204 e. The molecule has 1 N–H and O–H groups in total. The molecule has 134 valence electrons. The Morgan fingerprint density at radius 1 is 0.720 bits per heavy atom. The van der Waals surface area contributed by atoms with E-state index in [4.69, 9.17) is 23.7 Å². The van der Waals surface area contributed by atoms with Gasteiger partial charge in [-0.2, -0.15) is 0 Å². The molecule has 0 aliphatic heterocycles. The molecule has 0 saturated carbocycles. The SMILES string of the molecule is COc1cc(O)c(C(=O)c2ccc(OC)c(OC)c2OC)cc1OC. The number of phenols is 1. The number of benzene rings is 2. The summed E-state index contributed by atoms with van der Waals surface area (Å²) in [5.41, 5.74) is 0.255. The third-order valence-corrected chi connectivity index (χ3v) is 3.70. The third kappa shape index (κ3) is 3.26. The van der Waals surface area contributed by atoms with Crippen molar-refractivity contribution >= 4 is 5.78 Å². The van der Waals surface area contributed by atoms with Crippen LogP contribution in [-0.2, 0) is 0 Å². The van der Waals surface area contributed by atoms with E-state index in [0.717, 1.165) is 0 Å². The maximum absolute atomic E-state index is 12.9. The van der Waals surface area contributed by atoms with Gasteiger partial charge in [-0.25, -0.2) is 0 Å². The van der Waals surface area contributed by atoms with Crippen LogP contribution in [0.15, 0.2) is 24.3 Å². The molecular formula is C18H20O7. The van der Waals surface area contributed by atoms with E-state index < -0.39 is 5.78 Å². The molecule has 0 aliphatic carbocycles. The van der Waals surface area contributed by atoms with Gasteiger partial charge in [0.2, 0.25) is 11.5 Å². The molecule has 2 aromatic carbocycles. The van der Waals surface area contributed by atoms with E-state index in [9.17, 15) is 9.90 Å². The zero-order valence-electron chi connectivity index (χ0n) is 14.7. The molecular weight excluding hydrogens is 328 g/mol. The number of carbonyl (C=O) groups is 1. The molecule has 0 unspecified atom stereocenters. The molecule has 2 rings (SSSR count). The minimum absolute atomic E-state index is 0.0446. The summed E-state index contributed by atoms with van der Waals surface area (Å²) in [4.78, 5) is 12.9. The van der Waals surface area contributed by atoms with Crippen molar-refractivity contribution in [3.8, 4) is 34.5 Å². The number of rotatable bonds is 7. The highest BCUT2D eigenvalue weighted by Crippen LogP contribution is 2.42. The molecule has 0 aromatic heterocycles. The first-order chi connectivity index (χ1) is 12.0. The fraction of sp³-hybridized carbons (Fsp3) is 0.278. The molecule has 0 saturated heterocycles. The number of hydrogen-bond donors (Lipinski definition) is 1. The van der Waals surface area contributed by atoms with Crippen molar-refractivity contribution in [1.82, 2.24) is 0 Å². The average molecular weight is 348 g/mol. The molecule has 0 heterocycles. The lowest BCUT2D eigenvalue weighted by Crippen LogP contribution is -2.07. The zero-order valence-corrected chi connectivity index (χ0v) is 14.7. The number of ether oxygens (including phenoxy) is 5. The summed E-state index contributed by atoms with van der Waals surface area (Å²) in [5, 5.41) is 10.2. The summed E-state index contributed by atoms with van der Waals surface area (Å²) in [6.45, 7) is 0. The van der Waals surface area contributed by atoms with E-state index in [2.05, 4.69) is 0 Å². The van der Waals surface area contributed by atoms with Crippen LogP contribution in [0.3, 0.4) is 0 Å². The highest BCUT2D eigenvalue weighted by molar-refractivity contribution is 6.13. The van der Waals surface area contributed by atoms with Crippen molar-refractivity contribution in [2.45, 2.75) is 0 Å². The monoisotopic (exact) mass is 348 g/mol. The standard InChI is InChI=1S/C18H20O7/c1-21-13-7-6-10(17(24-4)18(13)25-5)16(20)11-8-14(22-2)15(23-3)9-12(11)19/h6-9,19H,1-5H3. The van der Waals surface area contributed by atoms with E-state index in [-0.39, 0.29) is 28.4 Å². The van der Waals surface area contributed by atoms with Gasteiger partial charge in [-0.15, -0.1) is 0 Å². The van der Waals surface area contributed by atoms with Crippen LogP contribution in [0.1, 0.15) is 15.9 Å². The Kier molecular flexibility index (Phi) is 5.59. The van der Waals surface area contributed by atoms with Crippen LogP contribution in [0.25, 0.3) is 0 Å². The normalized spacial score (nSPS) is 10.1. The van der Waals surface area contributed by atoms with Gasteiger partial charge >= 0.3 is 0 Å². The number of aromatic hydroxyl groups is 1. The largest absolute Gasteiger partial charge is 0.507 e. The van der Waals surface area contributed by atoms with Crippen molar-refractivity contribution in [1.29, 1.82) is 0 Å². The molecule has 25 heavy (non-hydrogen) atoms. The van der Waals surface area contributed by atoms with Gasteiger partial charge in [-0.05, 0) is 18.2 Å². The van der Waals surface area contributed by atoms with Crippen LogP contribution >= 0.6 is 0 Å². The number of methoxy groups -OCH3 is 5. The lowest BCUT2D eigenvalue weighted by Gasteiger charge is -2.16. The molecule has 0 fully saturated rings. The van der Waals surface area contributed by atoms with Gasteiger partial charge in [0.1, 0.15) is 5.75 Å². The Hall–Kier alpha value is -3.09. The molecule has 0 aliphatic rings. The minimum Gasteiger partial charge on any atom is -0.507 e. The van der Waals surface area contributed by atoms with Gasteiger partial charge < -0.3 is 28.8 Å². The van der Waals surface area contributed by atoms with Gasteiger partial charge in [0, 0.05) is 6.07 Å². The van der Waals surface area contributed by atoms with Gasteiger partial charge in [0.15, 0.2) is 23.0 Å². The predicted octanol–water partition coefficient (Wildman–Crippen LogP) is 2.67. The average Bonchev–Trinajstić information content (AvgIpc) is 2.65. The third-order valence-electron chi connectivity index (χ3n) is 3.70. The zero-order chi connectivity index (χ0) is 18.6. The lowest BCUT2D eigenvalue weighted by atomic mass is 10.00. The van der Waals surface area contributed by atoms with Crippen molar-refractivity contribution < 1.29 is 33.6 Å². The molecule has 0 radical (unpaired) electrons. The summed E-state index contributed by atoms with van der Waals surface area (Å²) in [7, 11) is 7.24. The Bertz CT molecular complexity index is 783. The van der Waals surface area contributed by atoms with Crippen molar-refractivity contribution in [3.63, 3.8) is 0 Å². The second-order valence-electron chi connectivity index (χ2n) is 4.94. The predicted molar refractivity (Wildman–Crippen MR) is 90.7 cm³/mol. The van der Waals surface area contributed by atoms with Crippen molar-refractivity contribution in [3.05, 3.63) is 35.4 Å². The summed E-state index contributed by atoms with van der Waals surface area (Å²) >= 11 is 0. The Balaban J connectivity index is 2.62. The highest BCUT2D eigenvalue weighted by atomic mass is 16.5. The smallest absolute Gasteiger partial charge is 0.204 e. The quantitative estimate of drug-likeness (QED) is 0.770. The molecule has 2 aromatic rings. The van der Waals surface area contributed by atoms with E-state index >= 15 is 0 Å².